The number of hydrogen-bond acceptors (Lipinski definition) is 3. The normalized spacial score (nSPS) is 25.5. The molecule has 2 aromatic rings. The zero-order valence-electron chi connectivity index (χ0n) is 12.5. The van der Waals surface area contributed by atoms with Crippen LogP contribution in [0, 0.1) is 0 Å². The predicted molar refractivity (Wildman–Crippen MR) is 92.9 cm³/mol. The third kappa shape index (κ3) is 2.48. The molecule has 2 aliphatic rings. The van der Waals surface area contributed by atoms with Gasteiger partial charge >= 0.3 is 5.97 Å². The van der Waals surface area contributed by atoms with Crippen molar-refractivity contribution in [1.29, 1.82) is 0 Å². The molecule has 23 heavy (non-hydrogen) atoms. The van der Waals surface area contributed by atoms with Gasteiger partial charge in [0.15, 0.2) is 0 Å². The molecule has 2 aromatic carbocycles. The Morgan fingerprint density at radius 3 is 2.52 bits per heavy atom. The number of benzene rings is 2. The first-order valence-electron chi connectivity index (χ1n) is 7.71. The van der Waals surface area contributed by atoms with Crippen molar-refractivity contribution in [1.82, 2.24) is 5.32 Å². The maximum atomic E-state index is 11.6. The van der Waals surface area contributed by atoms with Gasteiger partial charge in [0.25, 0.3) is 0 Å². The summed E-state index contributed by atoms with van der Waals surface area (Å²) in [6.45, 7) is 0. The zero-order chi connectivity index (χ0) is 15.8. The maximum Gasteiger partial charge on any atom is 0.336 e. The Bertz CT molecular complexity index is 786. The lowest BCUT2D eigenvalue weighted by Gasteiger charge is -2.40. The first-order chi connectivity index (χ1) is 11.3. The smallest absolute Gasteiger partial charge is 0.336 e. The summed E-state index contributed by atoms with van der Waals surface area (Å²) in [6.07, 6.45) is 2.20. The fraction of sp³-hybridized carbons (Fsp3) is 0.211. The van der Waals surface area contributed by atoms with Crippen molar-refractivity contribution in [3.05, 3.63) is 82.3 Å². The lowest BCUT2D eigenvalue weighted by Crippen LogP contribution is -2.44. The molecular formula is C19H17NO2S. The van der Waals surface area contributed by atoms with Crippen LogP contribution in [0.5, 0.6) is 0 Å². The van der Waals surface area contributed by atoms with Crippen molar-refractivity contribution in [2.24, 2.45) is 0 Å². The minimum Gasteiger partial charge on any atom is -0.478 e. The third-order valence-electron chi connectivity index (χ3n) is 4.66. The van der Waals surface area contributed by atoms with Gasteiger partial charge < -0.3 is 5.11 Å². The van der Waals surface area contributed by atoms with Crippen LogP contribution in [0.2, 0.25) is 0 Å². The summed E-state index contributed by atoms with van der Waals surface area (Å²) in [5, 5.41) is 15.3. The lowest BCUT2D eigenvalue weighted by molar-refractivity contribution is 0.0695. The van der Waals surface area contributed by atoms with E-state index in [2.05, 4.69) is 35.0 Å². The van der Waals surface area contributed by atoms with Gasteiger partial charge in [-0.05, 0) is 28.2 Å². The molecule has 4 heteroatoms. The average molecular weight is 323 g/mol. The Hall–Kier alpha value is -2.04. The number of hydrogen-bond donors (Lipinski definition) is 2. The van der Waals surface area contributed by atoms with E-state index in [1.165, 1.54) is 11.1 Å². The molecule has 0 fully saturated rings. The Balaban J connectivity index is 1.87. The second-order valence-electron chi connectivity index (χ2n) is 5.92. The van der Waals surface area contributed by atoms with E-state index in [1.807, 2.05) is 30.0 Å². The summed E-state index contributed by atoms with van der Waals surface area (Å²) in [6, 6.07) is 15.8. The van der Waals surface area contributed by atoms with Crippen LogP contribution in [0.4, 0.5) is 0 Å². The van der Waals surface area contributed by atoms with Crippen LogP contribution in [0.1, 0.15) is 39.0 Å². The topological polar surface area (TPSA) is 49.3 Å². The van der Waals surface area contributed by atoms with Gasteiger partial charge in [-0.1, -0.05) is 48.5 Å². The molecule has 0 radical (unpaired) electrons. The van der Waals surface area contributed by atoms with Crippen molar-refractivity contribution in [3.63, 3.8) is 0 Å². The van der Waals surface area contributed by atoms with Crippen LogP contribution in [0.3, 0.4) is 0 Å². The van der Waals surface area contributed by atoms with Crippen LogP contribution in [0.15, 0.2) is 60.0 Å². The van der Waals surface area contributed by atoms with E-state index >= 15 is 0 Å². The highest BCUT2D eigenvalue weighted by Gasteiger charge is 2.35. The van der Waals surface area contributed by atoms with E-state index in [0.717, 1.165) is 11.3 Å². The fourth-order valence-corrected chi connectivity index (χ4v) is 4.57. The minimum absolute atomic E-state index is 0.0903. The van der Waals surface area contributed by atoms with Crippen molar-refractivity contribution in [2.45, 2.75) is 18.0 Å². The molecule has 0 bridgehead atoms. The monoisotopic (exact) mass is 323 g/mol. The molecule has 0 aromatic heterocycles. The first kappa shape index (κ1) is 14.5. The van der Waals surface area contributed by atoms with Gasteiger partial charge in [0.05, 0.1) is 11.6 Å². The molecule has 116 valence electrons. The Labute approximate surface area is 139 Å². The van der Waals surface area contributed by atoms with Gasteiger partial charge in [0.1, 0.15) is 0 Å². The van der Waals surface area contributed by atoms with E-state index in [9.17, 15) is 9.90 Å². The average Bonchev–Trinajstić information content (AvgIpc) is 2.61. The standard InChI is InChI=1S/C19H17NO2S/c21-19(22)15-8-4-3-7-14(15)18-13-6-2-1-5-12(13)16-11-23-10-9-17(16)20-18/h1-10,16-18,20H,11H2,(H,21,22). The minimum atomic E-state index is -0.878. The second-order valence-corrected chi connectivity index (χ2v) is 6.85. The SMILES string of the molecule is O=C(O)c1ccccc1C1NC2C=CSCC2c2ccccc21. The van der Waals surface area contributed by atoms with Crippen LogP contribution < -0.4 is 5.32 Å². The van der Waals surface area contributed by atoms with E-state index in [0.29, 0.717) is 11.5 Å². The van der Waals surface area contributed by atoms with E-state index in [4.69, 9.17) is 0 Å². The zero-order valence-corrected chi connectivity index (χ0v) is 13.3. The van der Waals surface area contributed by atoms with Gasteiger partial charge in [-0.25, -0.2) is 4.79 Å². The summed E-state index contributed by atoms with van der Waals surface area (Å²) in [4.78, 5) is 11.6. The molecule has 3 unspecified atom stereocenters. The molecule has 3 atom stereocenters. The molecule has 4 rings (SSSR count). The summed E-state index contributed by atoms with van der Waals surface area (Å²) in [5.74, 6) is 0.615. The van der Waals surface area contributed by atoms with E-state index in [-0.39, 0.29) is 12.1 Å². The maximum absolute atomic E-state index is 11.6. The molecule has 3 nitrogen and oxygen atoms in total. The quantitative estimate of drug-likeness (QED) is 0.883. The Morgan fingerprint density at radius 1 is 1.04 bits per heavy atom. The number of carbonyl (C=O) groups is 1. The molecule has 2 aliphatic heterocycles. The van der Waals surface area contributed by atoms with Crippen molar-refractivity contribution < 1.29 is 9.90 Å². The van der Waals surface area contributed by atoms with Gasteiger partial charge in [-0.3, -0.25) is 5.32 Å². The fourth-order valence-electron chi connectivity index (χ4n) is 3.59. The lowest BCUT2D eigenvalue weighted by atomic mass is 9.79. The van der Waals surface area contributed by atoms with Gasteiger partial charge in [0, 0.05) is 17.7 Å². The van der Waals surface area contributed by atoms with Gasteiger partial charge in [-0.2, -0.15) is 0 Å². The number of thioether (sulfide) groups is 1. The van der Waals surface area contributed by atoms with Crippen molar-refractivity contribution in [3.8, 4) is 0 Å². The number of rotatable bonds is 2. The molecular weight excluding hydrogens is 306 g/mol. The predicted octanol–water partition coefficient (Wildman–Crippen LogP) is 3.79. The highest BCUT2D eigenvalue weighted by Crippen LogP contribution is 2.41. The van der Waals surface area contributed by atoms with Crippen LogP contribution in [0.25, 0.3) is 0 Å². The molecule has 2 heterocycles. The largest absolute Gasteiger partial charge is 0.478 e. The summed E-state index contributed by atoms with van der Waals surface area (Å²) in [5.41, 5.74) is 3.72. The van der Waals surface area contributed by atoms with Crippen LogP contribution in [-0.4, -0.2) is 22.9 Å². The summed E-state index contributed by atoms with van der Waals surface area (Å²) in [7, 11) is 0. The number of fused-ring (bicyclic) bond motifs is 3. The van der Waals surface area contributed by atoms with E-state index < -0.39 is 5.97 Å². The molecule has 0 aliphatic carbocycles. The Kier molecular flexibility index (Phi) is 3.71. The van der Waals surface area contributed by atoms with Crippen LogP contribution >= 0.6 is 11.8 Å². The number of aromatic carboxylic acids is 1. The third-order valence-corrected chi connectivity index (χ3v) is 5.56. The molecule has 0 saturated heterocycles. The summed E-state index contributed by atoms with van der Waals surface area (Å²) < 4.78 is 0. The second kappa shape index (κ2) is 5.87. The number of nitrogens with one attached hydrogen (secondary N) is 1. The number of carboxylic acid groups (broad SMARTS) is 1. The Morgan fingerprint density at radius 2 is 1.74 bits per heavy atom. The van der Waals surface area contributed by atoms with Crippen molar-refractivity contribution in [2.75, 3.05) is 5.75 Å². The molecule has 0 spiro atoms. The van der Waals surface area contributed by atoms with E-state index in [1.54, 1.807) is 12.1 Å². The molecule has 0 saturated carbocycles. The van der Waals surface area contributed by atoms with Crippen LogP contribution in [-0.2, 0) is 0 Å². The molecule has 0 amide bonds. The van der Waals surface area contributed by atoms with Gasteiger partial charge in [0.2, 0.25) is 0 Å². The van der Waals surface area contributed by atoms with Crippen molar-refractivity contribution >= 4 is 17.7 Å². The molecule has 2 N–H and O–H groups in total. The summed E-state index contributed by atoms with van der Waals surface area (Å²) >= 11 is 1.83. The number of carboxylic acids is 1. The highest BCUT2D eigenvalue weighted by molar-refractivity contribution is 8.02. The van der Waals surface area contributed by atoms with Gasteiger partial charge in [-0.15, -0.1) is 11.8 Å². The first-order valence-corrected chi connectivity index (χ1v) is 8.76. The highest BCUT2D eigenvalue weighted by atomic mass is 32.2.